The Hall–Kier alpha value is -3.82. The summed E-state index contributed by atoms with van der Waals surface area (Å²) in [4.78, 5) is 30.1. The number of tetrazole rings is 1. The van der Waals surface area contributed by atoms with Gasteiger partial charge in [-0.15, -0.1) is 10.2 Å². The van der Waals surface area contributed by atoms with Crippen LogP contribution >= 0.6 is 0 Å². The number of carbonyl (C=O) groups excluding carboxylic acids is 2. The molecule has 0 atom stereocenters. The summed E-state index contributed by atoms with van der Waals surface area (Å²) in [6.07, 6.45) is 3.44. The number of nitrogens with two attached hydrogens (primary N) is 1. The maximum atomic E-state index is 12.8. The number of hydrogen-bond acceptors (Lipinski definition) is 7. The van der Waals surface area contributed by atoms with E-state index in [0.29, 0.717) is 41.8 Å². The van der Waals surface area contributed by atoms with Crippen molar-refractivity contribution in [3.05, 3.63) is 53.3 Å². The highest BCUT2D eigenvalue weighted by atomic mass is 16.5. The Morgan fingerprint density at radius 1 is 1.18 bits per heavy atom. The van der Waals surface area contributed by atoms with Gasteiger partial charge in [-0.3, -0.25) is 9.59 Å². The van der Waals surface area contributed by atoms with Gasteiger partial charge in [-0.25, -0.2) is 4.98 Å². The Bertz CT molecular complexity index is 1170. The number of nitrogens with one attached hydrogen (secondary N) is 1. The summed E-state index contributed by atoms with van der Waals surface area (Å²) in [5.74, 6) is 1.04. The fourth-order valence-electron chi connectivity index (χ4n) is 4.27. The smallest absolute Gasteiger partial charge is 0.270 e. The number of carbonyl (C=O) groups is 2. The molecule has 178 valence electrons. The minimum Gasteiger partial charge on any atom is -0.497 e. The van der Waals surface area contributed by atoms with Crippen LogP contribution in [0.1, 0.15) is 47.4 Å². The van der Waals surface area contributed by atoms with Crippen LogP contribution in [0.3, 0.4) is 0 Å². The number of primary amides is 1. The standard InChI is InChI=1S/C24H29N7O3/c1-15-10-19(12-21(27-15)24(33)26-13-17-4-3-5-20(11-17)34-2)23-28-30-31(29-23)14-16-6-8-18(9-7-16)22(25)32/h3-5,10-12,16,18H,6-9,13-14H2,1-2H3,(H2,25,32)(H,26,33). The number of amides is 2. The van der Waals surface area contributed by atoms with Crippen molar-refractivity contribution in [1.82, 2.24) is 30.5 Å². The van der Waals surface area contributed by atoms with E-state index >= 15 is 0 Å². The average molecular weight is 464 g/mol. The van der Waals surface area contributed by atoms with E-state index in [9.17, 15) is 9.59 Å². The molecule has 0 spiro atoms. The van der Waals surface area contributed by atoms with Crippen LogP contribution in [-0.4, -0.2) is 44.1 Å². The lowest BCUT2D eigenvalue weighted by molar-refractivity contribution is -0.123. The van der Waals surface area contributed by atoms with E-state index in [0.717, 1.165) is 37.0 Å². The van der Waals surface area contributed by atoms with E-state index in [2.05, 4.69) is 25.7 Å². The second-order valence-electron chi connectivity index (χ2n) is 8.70. The molecule has 1 aliphatic carbocycles. The third-order valence-corrected chi connectivity index (χ3v) is 6.15. The average Bonchev–Trinajstić information content (AvgIpc) is 3.31. The normalized spacial score (nSPS) is 17.8. The minimum absolute atomic E-state index is 0.0243. The van der Waals surface area contributed by atoms with Crippen molar-refractivity contribution in [2.45, 2.75) is 45.7 Å². The van der Waals surface area contributed by atoms with Gasteiger partial charge < -0.3 is 15.8 Å². The first-order chi connectivity index (χ1) is 16.4. The molecule has 10 heteroatoms. The molecule has 0 aliphatic heterocycles. The molecule has 10 nitrogen and oxygen atoms in total. The quantitative estimate of drug-likeness (QED) is 0.522. The predicted octanol–water partition coefficient (Wildman–Crippen LogP) is 2.27. The minimum atomic E-state index is -0.286. The van der Waals surface area contributed by atoms with E-state index in [1.54, 1.807) is 18.0 Å². The second-order valence-corrected chi connectivity index (χ2v) is 8.70. The van der Waals surface area contributed by atoms with E-state index in [-0.39, 0.29) is 17.7 Å². The second kappa shape index (κ2) is 10.4. The van der Waals surface area contributed by atoms with Gasteiger partial charge in [0.2, 0.25) is 11.7 Å². The van der Waals surface area contributed by atoms with Gasteiger partial charge in [0.05, 0.1) is 13.7 Å². The molecular weight excluding hydrogens is 434 g/mol. The lowest BCUT2D eigenvalue weighted by Gasteiger charge is -2.25. The van der Waals surface area contributed by atoms with E-state index in [1.807, 2.05) is 37.3 Å². The highest BCUT2D eigenvalue weighted by Crippen LogP contribution is 2.29. The highest BCUT2D eigenvalue weighted by molar-refractivity contribution is 5.93. The van der Waals surface area contributed by atoms with Crippen LogP contribution in [0, 0.1) is 18.8 Å². The molecule has 3 N–H and O–H groups in total. The summed E-state index contributed by atoms with van der Waals surface area (Å²) in [6, 6.07) is 11.0. The summed E-state index contributed by atoms with van der Waals surface area (Å²) in [6.45, 7) is 2.81. The van der Waals surface area contributed by atoms with Crippen molar-refractivity contribution >= 4 is 11.8 Å². The molecule has 0 radical (unpaired) electrons. The zero-order valence-corrected chi connectivity index (χ0v) is 19.4. The van der Waals surface area contributed by atoms with Gasteiger partial charge in [0.25, 0.3) is 5.91 Å². The summed E-state index contributed by atoms with van der Waals surface area (Å²) in [5, 5.41) is 15.8. The first-order valence-corrected chi connectivity index (χ1v) is 11.4. The number of aryl methyl sites for hydroxylation is 1. The van der Waals surface area contributed by atoms with Gasteiger partial charge in [-0.2, -0.15) is 4.80 Å². The third kappa shape index (κ3) is 5.75. The van der Waals surface area contributed by atoms with Crippen molar-refractivity contribution in [3.63, 3.8) is 0 Å². The lowest BCUT2D eigenvalue weighted by Crippen LogP contribution is -2.29. The molecule has 1 aliphatic rings. The van der Waals surface area contributed by atoms with Gasteiger partial charge in [0, 0.05) is 23.7 Å². The number of rotatable bonds is 8. The molecule has 1 saturated carbocycles. The summed E-state index contributed by atoms with van der Waals surface area (Å²) >= 11 is 0. The number of ether oxygens (including phenoxy) is 1. The zero-order chi connectivity index (χ0) is 24.1. The Balaban J connectivity index is 1.40. The van der Waals surface area contributed by atoms with Gasteiger partial charge >= 0.3 is 0 Å². The van der Waals surface area contributed by atoms with Gasteiger partial charge in [0.15, 0.2) is 0 Å². The molecule has 1 fully saturated rings. The predicted molar refractivity (Wildman–Crippen MR) is 125 cm³/mol. The largest absolute Gasteiger partial charge is 0.497 e. The van der Waals surface area contributed by atoms with Crippen LogP contribution in [0.2, 0.25) is 0 Å². The molecule has 0 saturated heterocycles. The Labute approximate surface area is 197 Å². The number of pyridine rings is 1. The third-order valence-electron chi connectivity index (χ3n) is 6.15. The van der Waals surface area contributed by atoms with E-state index < -0.39 is 0 Å². The molecule has 2 aromatic heterocycles. The summed E-state index contributed by atoms with van der Waals surface area (Å²) in [5.41, 5.74) is 8.01. The Kier molecular flexibility index (Phi) is 7.15. The van der Waals surface area contributed by atoms with E-state index in [4.69, 9.17) is 10.5 Å². The van der Waals surface area contributed by atoms with E-state index in [1.165, 1.54) is 0 Å². The summed E-state index contributed by atoms with van der Waals surface area (Å²) < 4.78 is 5.23. The van der Waals surface area contributed by atoms with Crippen LogP contribution in [0.5, 0.6) is 5.75 Å². The number of benzene rings is 1. The monoisotopic (exact) mass is 463 g/mol. The van der Waals surface area contributed by atoms with Crippen LogP contribution in [0.4, 0.5) is 0 Å². The van der Waals surface area contributed by atoms with Crippen molar-refractivity contribution in [2.24, 2.45) is 17.6 Å². The molecule has 4 rings (SSSR count). The van der Waals surface area contributed by atoms with Crippen molar-refractivity contribution < 1.29 is 14.3 Å². The Morgan fingerprint density at radius 2 is 1.97 bits per heavy atom. The van der Waals surface area contributed by atoms with Crippen LogP contribution in [-0.2, 0) is 17.9 Å². The highest BCUT2D eigenvalue weighted by Gasteiger charge is 2.25. The number of aromatic nitrogens is 5. The molecule has 0 bridgehead atoms. The van der Waals surface area contributed by atoms with Crippen molar-refractivity contribution in [1.29, 1.82) is 0 Å². The van der Waals surface area contributed by atoms with Crippen LogP contribution < -0.4 is 15.8 Å². The number of hydrogen-bond donors (Lipinski definition) is 2. The SMILES string of the molecule is COc1cccc(CNC(=O)c2cc(-c3nnn(CC4CCC(C(N)=O)CC4)n3)cc(C)n2)c1. The fourth-order valence-corrected chi connectivity index (χ4v) is 4.27. The molecule has 1 aromatic carbocycles. The fraction of sp³-hybridized carbons (Fsp3) is 0.417. The number of nitrogens with zero attached hydrogens (tertiary/aromatic N) is 5. The maximum Gasteiger partial charge on any atom is 0.270 e. The van der Waals surface area contributed by atoms with Gasteiger partial charge in [-0.1, -0.05) is 12.1 Å². The van der Waals surface area contributed by atoms with Crippen molar-refractivity contribution in [3.8, 4) is 17.1 Å². The first kappa shape index (κ1) is 23.3. The van der Waals surface area contributed by atoms with Crippen LogP contribution in [0.15, 0.2) is 36.4 Å². The molecule has 34 heavy (non-hydrogen) atoms. The molecule has 2 amide bonds. The molecule has 3 aromatic rings. The molecule has 2 heterocycles. The zero-order valence-electron chi connectivity index (χ0n) is 19.4. The summed E-state index contributed by atoms with van der Waals surface area (Å²) in [7, 11) is 1.61. The molecular formula is C24H29N7O3. The Morgan fingerprint density at radius 3 is 2.71 bits per heavy atom. The molecule has 0 unspecified atom stereocenters. The van der Waals surface area contributed by atoms with Gasteiger partial charge in [-0.05, 0) is 73.6 Å². The first-order valence-electron chi connectivity index (χ1n) is 11.4. The van der Waals surface area contributed by atoms with Crippen molar-refractivity contribution in [2.75, 3.05) is 7.11 Å². The van der Waals surface area contributed by atoms with Gasteiger partial charge in [0.1, 0.15) is 11.4 Å². The lowest BCUT2D eigenvalue weighted by atomic mass is 9.82. The topological polar surface area (TPSA) is 138 Å². The maximum absolute atomic E-state index is 12.8. The van der Waals surface area contributed by atoms with Crippen LogP contribution in [0.25, 0.3) is 11.4 Å². The number of methoxy groups -OCH3 is 1.